The van der Waals surface area contributed by atoms with Crippen molar-refractivity contribution in [1.29, 1.82) is 0 Å². The highest BCUT2D eigenvalue weighted by Crippen LogP contribution is 2.28. The SMILES string of the molecule is CC1OCCC1(C)NS(=O)(=O)c1ccc(Cl)c(N)c1. The molecule has 5 nitrogen and oxygen atoms in total. The molecule has 0 aliphatic carbocycles. The van der Waals surface area contributed by atoms with E-state index in [-0.39, 0.29) is 16.7 Å². The lowest BCUT2D eigenvalue weighted by molar-refractivity contribution is 0.0957. The lowest BCUT2D eigenvalue weighted by atomic mass is 9.97. The zero-order valence-corrected chi connectivity index (χ0v) is 12.4. The first-order chi connectivity index (χ1) is 8.74. The van der Waals surface area contributed by atoms with Crippen molar-refractivity contribution < 1.29 is 13.2 Å². The van der Waals surface area contributed by atoms with Crippen molar-refractivity contribution in [2.24, 2.45) is 0 Å². The molecule has 7 heteroatoms. The van der Waals surface area contributed by atoms with Gasteiger partial charge in [-0.15, -0.1) is 0 Å². The first-order valence-corrected chi connectivity index (χ1v) is 7.81. The topological polar surface area (TPSA) is 81.4 Å². The molecule has 1 aromatic carbocycles. The van der Waals surface area contributed by atoms with Crippen LogP contribution in [0.25, 0.3) is 0 Å². The molecule has 0 amide bonds. The normalized spacial score (nSPS) is 27.6. The van der Waals surface area contributed by atoms with E-state index in [0.717, 1.165) is 0 Å². The van der Waals surface area contributed by atoms with E-state index in [1.807, 2.05) is 13.8 Å². The zero-order valence-electron chi connectivity index (χ0n) is 10.8. The van der Waals surface area contributed by atoms with Crippen molar-refractivity contribution in [2.45, 2.75) is 36.8 Å². The van der Waals surface area contributed by atoms with Crippen LogP contribution in [0.3, 0.4) is 0 Å². The fourth-order valence-corrected chi connectivity index (χ4v) is 3.67. The van der Waals surface area contributed by atoms with E-state index in [1.54, 1.807) is 0 Å². The van der Waals surface area contributed by atoms with Crippen LogP contribution in [0.2, 0.25) is 5.02 Å². The van der Waals surface area contributed by atoms with E-state index in [0.29, 0.717) is 18.1 Å². The summed E-state index contributed by atoms with van der Waals surface area (Å²) in [7, 11) is -3.64. The molecule has 1 fully saturated rings. The third-order valence-corrected chi connectivity index (χ3v) is 5.49. The van der Waals surface area contributed by atoms with Crippen molar-refractivity contribution in [3.8, 4) is 0 Å². The highest BCUT2D eigenvalue weighted by atomic mass is 35.5. The van der Waals surface area contributed by atoms with Gasteiger partial charge in [0, 0.05) is 6.61 Å². The van der Waals surface area contributed by atoms with Gasteiger partial charge in [-0.3, -0.25) is 0 Å². The van der Waals surface area contributed by atoms with Crippen molar-refractivity contribution >= 4 is 27.3 Å². The molecule has 2 unspecified atom stereocenters. The van der Waals surface area contributed by atoms with Gasteiger partial charge >= 0.3 is 0 Å². The van der Waals surface area contributed by atoms with Crippen LogP contribution < -0.4 is 10.5 Å². The van der Waals surface area contributed by atoms with Gasteiger partial charge < -0.3 is 10.5 Å². The smallest absolute Gasteiger partial charge is 0.241 e. The summed E-state index contributed by atoms with van der Waals surface area (Å²) in [5.74, 6) is 0. The maximum Gasteiger partial charge on any atom is 0.241 e. The molecule has 1 aliphatic heterocycles. The molecule has 1 aliphatic rings. The number of rotatable bonds is 3. The van der Waals surface area contributed by atoms with E-state index in [4.69, 9.17) is 22.1 Å². The zero-order chi connectivity index (χ0) is 14.3. The molecule has 19 heavy (non-hydrogen) atoms. The first kappa shape index (κ1) is 14.6. The fraction of sp³-hybridized carbons (Fsp3) is 0.500. The number of halogens is 1. The van der Waals surface area contributed by atoms with Gasteiger partial charge in [0.05, 0.1) is 27.2 Å². The van der Waals surface area contributed by atoms with Gasteiger partial charge in [-0.1, -0.05) is 11.6 Å². The van der Waals surface area contributed by atoms with Crippen molar-refractivity contribution in [2.75, 3.05) is 12.3 Å². The van der Waals surface area contributed by atoms with Crippen LogP contribution >= 0.6 is 11.6 Å². The van der Waals surface area contributed by atoms with E-state index >= 15 is 0 Å². The van der Waals surface area contributed by atoms with Crippen LogP contribution in [0, 0.1) is 0 Å². The van der Waals surface area contributed by atoms with Gasteiger partial charge in [-0.2, -0.15) is 0 Å². The lowest BCUT2D eigenvalue weighted by Gasteiger charge is -2.28. The van der Waals surface area contributed by atoms with Gasteiger partial charge in [-0.05, 0) is 38.5 Å². The molecule has 2 rings (SSSR count). The summed E-state index contributed by atoms with van der Waals surface area (Å²) in [5, 5.41) is 0.336. The largest absolute Gasteiger partial charge is 0.397 e. The second kappa shape index (κ2) is 4.94. The highest BCUT2D eigenvalue weighted by molar-refractivity contribution is 7.89. The Morgan fingerprint density at radius 2 is 2.21 bits per heavy atom. The van der Waals surface area contributed by atoms with E-state index < -0.39 is 15.6 Å². The Morgan fingerprint density at radius 3 is 2.74 bits per heavy atom. The monoisotopic (exact) mass is 304 g/mol. The number of benzene rings is 1. The minimum atomic E-state index is -3.64. The number of nitrogens with one attached hydrogen (secondary N) is 1. The van der Waals surface area contributed by atoms with E-state index in [1.165, 1.54) is 18.2 Å². The Kier molecular flexibility index (Phi) is 3.79. The third-order valence-electron chi connectivity index (χ3n) is 3.53. The minimum absolute atomic E-state index is 0.106. The molecule has 1 aromatic rings. The molecule has 0 radical (unpaired) electrons. The predicted octanol–water partition coefficient (Wildman–Crippen LogP) is 1.77. The van der Waals surface area contributed by atoms with Gasteiger partial charge in [0.2, 0.25) is 10.0 Å². The van der Waals surface area contributed by atoms with Crippen molar-refractivity contribution in [3.05, 3.63) is 23.2 Å². The Labute approximate surface area is 118 Å². The van der Waals surface area contributed by atoms with Crippen LogP contribution in [0.1, 0.15) is 20.3 Å². The second-order valence-corrected chi connectivity index (χ2v) is 7.06. The number of sulfonamides is 1. The van der Waals surface area contributed by atoms with Crippen LogP contribution in [0.4, 0.5) is 5.69 Å². The summed E-state index contributed by atoms with van der Waals surface area (Å²) >= 11 is 5.79. The Hall–Kier alpha value is -0.820. The van der Waals surface area contributed by atoms with Gasteiger partial charge in [0.1, 0.15) is 0 Å². The minimum Gasteiger partial charge on any atom is -0.397 e. The second-order valence-electron chi connectivity index (χ2n) is 4.97. The summed E-state index contributed by atoms with van der Waals surface area (Å²) in [5.41, 5.74) is 5.27. The predicted molar refractivity (Wildman–Crippen MR) is 74.6 cm³/mol. The summed E-state index contributed by atoms with van der Waals surface area (Å²) in [6.07, 6.45) is 0.461. The first-order valence-electron chi connectivity index (χ1n) is 5.95. The molecule has 2 atom stereocenters. The number of ether oxygens (including phenoxy) is 1. The van der Waals surface area contributed by atoms with Crippen molar-refractivity contribution in [1.82, 2.24) is 4.72 Å². The standard InChI is InChI=1S/C12H17ClN2O3S/c1-8-12(2,5-6-18-8)15-19(16,17)9-3-4-10(13)11(14)7-9/h3-4,7-8,15H,5-6,14H2,1-2H3. The van der Waals surface area contributed by atoms with Crippen molar-refractivity contribution in [3.63, 3.8) is 0 Å². The molecule has 0 aromatic heterocycles. The molecule has 0 bridgehead atoms. The molecule has 0 saturated carbocycles. The summed E-state index contributed by atoms with van der Waals surface area (Å²) < 4.78 is 32.8. The van der Waals surface area contributed by atoms with Crippen LogP contribution in [0.5, 0.6) is 0 Å². The quantitative estimate of drug-likeness (QED) is 0.834. The molecular formula is C12H17ClN2O3S. The van der Waals surface area contributed by atoms with Gasteiger partial charge in [0.25, 0.3) is 0 Å². The number of nitrogen functional groups attached to an aromatic ring is 1. The Bertz CT molecular complexity index is 591. The molecule has 106 valence electrons. The number of anilines is 1. The average Bonchev–Trinajstić information content (AvgIpc) is 2.61. The van der Waals surface area contributed by atoms with Crippen LogP contribution in [0.15, 0.2) is 23.1 Å². The highest BCUT2D eigenvalue weighted by Gasteiger charge is 2.40. The Balaban J connectivity index is 2.30. The molecule has 0 spiro atoms. The van der Waals surface area contributed by atoms with Crippen LogP contribution in [-0.2, 0) is 14.8 Å². The fourth-order valence-electron chi connectivity index (χ4n) is 2.02. The average molecular weight is 305 g/mol. The summed E-state index contributed by atoms with van der Waals surface area (Å²) in [4.78, 5) is 0.106. The lowest BCUT2D eigenvalue weighted by Crippen LogP contribution is -2.50. The molecule has 3 N–H and O–H groups in total. The molecule has 1 saturated heterocycles. The number of hydrogen-bond donors (Lipinski definition) is 2. The van der Waals surface area contributed by atoms with Gasteiger partial charge in [-0.25, -0.2) is 13.1 Å². The van der Waals surface area contributed by atoms with Crippen LogP contribution in [-0.4, -0.2) is 26.7 Å². The van der Waals surface area contributed by atoms with E-state index in [9.17, 15) is 8.42 Å². The maximum atomic E-state index is 12.3. The molecule has 1 heterocycles. The third kappa shape index (κ3) is 2.86. The molecular weight excluding hydrogens is 288 g/mol. The Morgan fingerprint density at radius 1 is 1.53 bits per heavy atom. The van der Waals surface area contributed by atoms with E-state index in [2.05, 4.69) is 4.72 Å². The number of nitrogens with two attached hydrogens (primary N) is 1. The number of hydrogen-bond acceptors (Lipinski definition) is 4. The van der Waals surface area contributed by atoms with Gasteiger partial charge in [0.15, 0.2) is 0 Å². The summed E-state index contributed by atoms with van der Waals surface area (Å²) in [6.45, 7) is 4.23. The summed E-state index contributed by atoms with van der Waals surface area (Å²) in [6, 6.07) is 4.27. The maximum absolute atomic E-state index is 12.3.